The number of guanidine groups is 1. The molecule has 16 unspecified atom stereocenters. The van der Waals surface area contributed by atoms with Gasteiger partial charge < -0.3 is 137 Å². The molecule has 17 amide bonds. The fourth-order valence-corrected chi connectivity index (χ4v) is 18.0. The van der Waals surface area contributed by atoms with Crippen LogP contribution in [-0.2, 0) is 107 Å². The number of amides is 17. The number of nitrogens with zero attached hydrogens (tertiary/aromatic N) is 4. The molecule has 16 atom stereocenters. The monoisotopic (exact) mass is 1860 g/mol. The van der Waals surface area contributed by atoms with Crippen LogP contribution in [-0.4, -0.2) is 306 Å². The van der Waals surface area contributed by atoms with E-state index >= 15 is 43.2 Å². The fraction of sp³-hybridized carbons (Fsp3) is 0.536. The first kappa shape index (κ1) is 102. The van der Waals surface area contributed by atoms with E-state index in [9.17, 15) is 58.8 Å². The van der Waals surface area contributed by atoms with Gasteiger partial charge in [0.1, 0.15) is 114 Å². The SMILES string of the molecule is CC1NC(=O)C(Cc2c[nH]cn2)NC(=O)C(Cc2ccc(O)cc2)NC(=O)C2CCCN2C(=O)C2CCCN2C(=O)C(CCCCN)NC(=O)C(CCC(N)=O)NC(=O)C(Cc2ccc(O)cc2)NC(=O)C2CSSCC(NC1=O)C(=O)NC(CO)C(=O)NC(C)C(=O)N1CCCC1C(=O)NC(CCN)C(=O)NC(CCCNC(=N)N)C(=O)NC(Cc1ccc(O)cc1)C(=O)N2. The molecule has 0 radical (unpaired) electrons. The molecule has 6 heterocycles. The number of unbranched alkanes of at least 4 members (excludes halogenated alkanes) is 1. The lowest BCUT2D eigenvalue weighted by Gasteiger charge is -2.34. The van der Waals surface area contributed by atoms with E-state index < -0.39 is 247 Å². The second kappa shape index (κ2) is 49.8. The van der Waals surface area contributed by atoms with Gasteiger partial charge in [0.15, 0.2) is 5.96 Å². The molecular weight excluding hydrogens is 1750 g/mol. The van der Waals surface area contributed by atoms with Crippen LogP contribution < -0.4 is 97.4 Å². The number of primary amides is 1. The Kier molecular flexibility index (Phi) is 38.7. The summed E-state index contributed by atoms with van der Waals surface area (Å²) in [4.78, 5) is 264. The van der Waals surface area contributed by atoms with Crippen LogP contribution in [0.3, 0.4) is 0 Å². The standard InChI is InChI=1S/C84H118N24O21S2/c1-44-68(114)104-62-41-130-131-42-63(105-75(121)58(36-47-16-22-51(111)23-17-47)99-69(115)53(10-5-31-91-84(88)89)95-71(117)55(28-30-86)97-79(125)64-11-6-32-106(64)81(127)45(2)94-76(122)61(40-109)103-78(62)124)77(123)100-57(35-46-14-20-50(110)21-15-46)73(119)96-54(26-27-67(87)113)70(116)98-56(9-3-4-29-85)82(128)108-34-8-13-66(108)83(129)107-33-7-12-65(107)80(126)102-59(37-48-18-24-52(112)25-19-48)74(120)101-60(72(118)93-44)38-49-39-90-43-92-49/h14-25,39,43-45,53-66,109-112H,3-13,26-38,40-42,85-86H2,1-2H3,(H2,87,113)(H,90,92)(H,93,118)(H,94,122)(H,95,117)(H,96,119)(H,97,125)(H,98,116)(H,99,115)(H,100,123)(H,101,120)(H,102,126)(H,103,124)(H,104,114)(H,105,121)(H4,88,89,91). The summed E-state index contributed by atoms with van der Waals surface area (Å²) in [6.07, 6.45) is 0.982. The quantitative estimate of drug-likeness (QED) is 0.0151. The number of nitrogens with two attached hydrogens (primary N) is 4. The third-order valence-corrected chi connectivity index (χ3v) is 25.2. The van der Waals surface area contributed by atoms with Crippen molar-refractivity contribution in [2.45, 2.75) is 226 Å². The lowest BCUT2D eigenvalue weighted by atomic mass is 10.0. The molecule has 0 spiro atoms. The van der Waals surface area contributed by atoms with E-state index in [1.54, 1.807) is 0 Å². The Morgan fingerprint density at radius 1 is 0.420 bits per heavy atom. The second-order valence-corrected chi connectivity index (χ2v) is 35.2. The minimum Gasteiger partial charge on any atom is -0.508 e. The highest BCUT2D eigenvalue weighted by Crippen LogP contribution is 2.29. The molecule has 3 aromatic carbocycles. The second-order valence-electron chi connectivity index (χ2n) is 32.7. The molecule has 4 aromatic rings. The van der Waals surface area contributed by atoms with Crippen LogP contribution in [0.25, 0.3) is 0 Å². The van der Waals surface area contributed by atoms with Gasteiger partial charge in [0.25, 0.3) is 0 Å². The molecule has 712 valence electrons. The van der Waals surface area contributed by atoms with E-state index in [1.807, 2.05) is 0 Å². The summed E-state index contributed by atoms with van der Waals surface area (Å²) < 4.78 is 0. The van der Waals surface area contributed by atoms with Crippen LogP contribution in [0.15, 0.2) is 85.3 Å². The van der Waals surface area contributed by atoms with Crippen molar-refractivity contribution >= 4 is 128 Å². The maximum absolute atomic E-state index is 15.7. The third kappa shape index (κ3) is 30.1. The Balaban J connectivity index is 1.17. The number of hydrogen-bond donors (Lipinski definition) is 24. The van der Waals surface area contributed by atoms with Crippen molar-refractivity contribution in [2.75, 3.05) is 57.4 Å². The number of aromatic nitrogens is 2. The smallest absolute Gasteiger partial charge is 0.246 e. The Morgan fingerprint density at radius 3 is 1.27 bits per heavy atom. The molecule has 5 aliphatic rings. The van der Waals surface area contributed by atoms with E-state index in [0.717, 1.165) is 26.5 Å². The molecule has 131 heavy (non-hydrogen) atoms. The number of phenols is 3. The summed E-state index contributed by atoms with van der Waals surface area (Å²) in [5.74, 6) is -19.1. The fourth-order valence-electron chi connectivity index (χ4n) is 15.7. The van der Waals surface area contributed by atoms with Crippen molar-refractivity contribution in [3.63, 3.8) is 0 Å². The zero-order chi connectivity index (χ0) is 95.1. The highest BCUT2D eigenvalue weighted by molar-refractivity contribution is 8.76. The molecular formula is C84H118N24O21S2. The van der Waals surface area contributed by atoms with Crippen LogP contribution in [0.2, 0.25) is 0 Å². The number of rotatable bonds is 22. The van der Waals surface area contributed by atoms with Gasteiger partial charge >= 0.3 is 0 Å². The predicted molar refractivity (Wildman–Crippen MR) is 475 cm³/mol. The largest absolute Gasteiger partial charge is 0.508 e. The van der Waals surface area contributed by atoms with Crippen LogP contribution in [0.1, 0.15) is 126 Å². The third-order valence-electron chi connectivity index (χ3n) is 22.8. The number of hydrogen-bond acceptors (Lipinski definition) is 27. The van der Waals surface area contributed by atoms with Gasteiger partial charge in [-0.3, -0.25) is 86.9 Å². The number of aromatic amines is 1. The van der Waals surface area contributed by atoms with Gasteiger partial charge in [-0.2, -0.15) is 0 Å². The van der Waals surface area contributed by atoms with Gasteiger partial charge in [-0.05, 0) is 163 Å². The molecule has 47 heteroatoms. The zero-order valence-corrected chi connectivity index (χ0v) is 74.2. The van der Waals surface area contributed by atoms with Gasteiger partial charge in [0.05, 0.1) is 18.6 Å². The van der Waals surface area contributed by atoms with Crippen molar-refractivity contribution < 1.29 is 102 Å². The molecule has 0 aliphatic carbocycles. The van der Waals surface area contributed by atoms with Gasteiger partial charge in [0.2, 0.25) is 100 Å². The number of fused-ring (bicyclic) bond motifs is 8. The predicted octanol–water partition coefficient (Wildman–Crippen LogP) is -6.48. The lowest BCUT2D eigenvalue weighted by Crippen LogP contribution is -2.62. The van der Waals surface area contributed by atoms with Crippen LogP contribution in [0.4, 0.5) is 0 Å². The van der Waals surface area contributed by atoms with E-state index in [0.29, 0.717) is 12.0 Å². The molecule has 28 N–H and O–H groups in total. The summed E-state index contributed by atoms with van der Waals surface area (Å²) in [5, 5.41) is 86.4. The number of phenolic OH excluding ortho intramolecular Hbond substituents is 3. The molecule has 5 saturated heterocycles. The summed E-state index contributed by atoms with van der Waals surface area (Å²) in [7, 11) is 1.46. The number of imidazole rings is 1. The van der Waals surface area contributed by atoms with Gasteiger partial charge in [0, 0.05) is 76.0 Å². The minimum atomic E-state index is -1.92. The number of aromatic hydroxyl groups is 3. The van der Waals surface area contributed by atoms with Crippen molar-refractivity contribution in [2.24, 2.45) is 22.9 Å². The maximum Gasteiger partial charge on any atom is 0.246 e. The Morgan fingerprint density at radius 2 is 0.802 bits per heavy atom. The molecule has 45 nitrogen and oxygen atoms in total. The number of aliphatic hydroxyl groups excluding tert-OH is 1. The van der Waals surface area contributed by atoms with E-state index in [2.05, 4.69) is 84.4 Å². The zero-order valence-electron chi connectivity index (χ0n) is 72.6. The first-order valence-corrected chi connectivity index (χ1v) is 45.9. The summed E-state index contributed by atoms with van der Waals surface area (Å²) in [6, 6.07) is -9.43. The Labute approximate surface area is 762 Å². The number of carbonyl (C=O) groups excluding carboxylic acids is 17. The summed E-state index contributed by atoms with van der Waals surface area (Å²) in [5.41, 5.74) is 24.4. The Hall–Kier alpha value is -12.9. The van der Waals surface area contributed by atoms with Crippen molar-refractivity contribution in [3.05, 3.63) is 108 Å². The number of aliphatic hydroxyl groups is 1. The maximum atomic E-state index is 15.7. The number of benzene rings is 3. The van der Waals surface area contributed by atoms with Gasteiger partial charge in [-0.25, -0.2) is 4.98 Å². The molecule has 9 rings (SSSR count). The van der Waals surface area contributed by atoms with Crippen molar-refractivity contribution in [1.82, 2.24) is 99.1 Å². The molecule has 2 bridgehead atoms. The lowest BCUT2D eigenvalue weighted by molar-refractivity contribution is -0.148. The number of H-pyrrole nitrogens is 1. The van der Waals surface area contributed by atoms with Gasteiger partial charge in [-0.1, -0.05) is 58.0 Å². The first-order valence-electron chi connectivity index (χ1n) is 43.4. The van der Waals surface area contributed by atoms with Gasteiger partial charge in [-0.15, -0.1) is 0 Å². The van der Waals surface area contributed by atoms with Crippen LogP contribution >= 0.6 is 21.6 Å². The van der Waals surface area contributed by atoms with Crippen molar-refractivity contribution in [1.29, 1.82) is 5.41 Å². The number of nitrogens with one attached hydrogen (secondary N) is 16. The molecule has 1 aromatic heterocycles. The first-order chi connectivity index (χ1) is 62.6. The summed E-state index contributed by atoms with van der Waals surface area (Å²) in [6.45, 7) is 1.15. The van der Waals surface area contributed by atoms with Crippen LogP contribution in [0, 0.1) is 5.41 Å². The molecule has 0 saturated carbocycles. The minimum absolute atomic E-state index is 0.00289. The highest BCUT2D eigenvalue weighted by Gasteiger charge is 2.47. The summed E-state index contributed by atoms with van der Waals surface area (Å²) >= 11 is 0. The van der Waals surface area contributed by atoms with Crippen molar-refractivity contribution in [3.8, 4) is 17.2 Å². The Bertz CT molecular complexity index is 4710. The van der Waals surface area contributed by atoms with E-state index in [1.165, 1.54) is 109 Å². The number of carbonyl (C=O) groups is 17. The average molecular weight is 1860 g/mol. The topological polar surface area (TPSA) is 706 Å². The molecule has 5 fully saturated rings. The normalized spacial score (nSPS) is 26.6. The molecule has 5 aliphatic heterocycles. The van der Waals surface area contributed by atoms with Crippen LogP contribution in [0.5, 0.6) is 17.2 Å². The highest BCUT2D eigenvalue weighted by atomic mass is 33.1. The average Bonchev–Trinajstić information content (AvgIpc) is 1.67. The van der Waals surface area contributed by atoms with E-state index in [-0.39, 0.29) is 157 Å². The van der Waals surface area contributed by atoms with E-state index in [4.69, 9.17) is 28.3 Å².